The Morgan fingerprint density at radius 3 is 1.98 bits per heavy atom. The normalized spacial score (nSPS) is 11.5. The molecule has 3 heterocycles. The van der Waals surface area contributed by atoms with Gasteiger partial charge in [0, 0.05) is 31.2 Å². The van der Waals surface area contributed by atoms with E-state index >= 15 is 0 Å². The third-order valence-electron chi connectivity index (χ3n) is 12.0. The SMILES string of the molecule is CC(C)c1cc(-c2ccc(-c3ccccc3)cc2)cc(C(C)C)c1-n1c(-c2[c-]ccc3c2oc2cc(C#N)ccc23)nc2ccccc21.[CH3][Ge]([CH3])([CH3])[c]1ccc(-c2[c-]cc(F)cc2)nc1.[Ir]. The molecule has 0 saturated carbocycles. The van der Waals surface area contributed by atoms with Gasteiger partial charge >= 0.3 is 104 Å². The predicted octanol–water partition coefficient (Wildman–Crippen LogP) is 15.1. The minimum Gasteiger partial charge on any atom is 0 e. The zero-order valence-corrected chi connectivity index (χ0v) is 42.6. The second-order valence-corrected chi connectivity index (χ2v) is 28.8. The van der Waals surface area contributed by atoms with Crippen molar-refractivity contribution in [1.29, 1.82) is 5.26 Å². The Kier molecular flexibility index (Phi) is 13.4. The van der Waals surface area contributed by atoms with E-state index in [0.29, 0.717) is 16.7 Å². The Hall–Kier alpha value is -6.43. The number of benzene rings is 7. The number of nitriles is 1. The van der Waals surface area contributed by atoms with Crippen LogP contribution in [0.2, 0.25) is 17.3 Å². The van der Waals surface area contributed by atoms with E-state index in [0.717, 1.165) is 50.1 Å². The molecule has 0 aliphatic heterocycles. The van der Waals surface area contributed by atoms with Crippen molar-refractivity contribution in [3.05, 3.63) is 192 Å². The molecule has 0 amide bonds. The second-order valence-electron chi connectivity index (χ2n) is 18.1. The average molecular weight is 1100 g/mol. The van der Waals surface area contributed by atoms with Crippen LogP contribution >= 0.6 is 0 Å². The summed E-state index contributed by atoms with van der Waals surface area (Å²) in [6.07, 6.45) is 1.95. The minimum absolute atomic E-state index is 0. The van der Waals surface area contributed by atoms with Gasteiger partial charge in [0.25, 0.3) is 0 Å². The Morgan fingerprint density at radius 2 is 1.36 bits per heavy atom. The van der Waals surface area contributed by atoms with E-state index in [-0.39, 0.29) is 37.8 Å². The van der Waals surface area contributed by atoms with Gasteiger partial charge in [0.1, 0.15) is 5.58 Å². The molecule has 0 aliphatic carbocycles. The van der Waals surface area contributed by atoms with Crippen molar-refractivity contribution in [1.82, 2.24) is 14.5 Å². The van der Waals surface area contributed by atoms with Crippen molar-refractivity contribution in [2.45, 2.75) is 56.8 Å². The van der Waals surface area contributed by atoms with Crippen LogP contribution in [0.1, 0.15) is 56.2 Å². The maximum absolute atomic E-state index is 12.8. The van der Waals surface area contributed by atoms with Crippen LogP contribution < -0.4 is 4.40 Å². The molecule has 0 spiro atoms. The molecule has 0 N–H and O–H groups in total. The van der Waals surface area contributed by atoms with Gasteiger partial charge in [-0.2, -0.15) is 5.26 Å². The van der Waals surface area contributed by atoms with Crippen LogP contribution in [0.15, 0.2) is 162 Å². The largest absolute Gasteiger partial charge is 0 e. The van der Waals surface area contributed by atoms with Gasteiger partial charge in [0.2, 0.25) is 0 Å². The number of fused-ring (bicyclic) bond motifs is 4. The molecule has 0 saturated heterocycles. The Morgan fingerprint density at radius 1 is 0.697 bits per heavy atom. The minimum atomic E-state index is -1.79. The van der Waals surface area contributed by atoms with E-state index in [1.165, 1.54) is 49.9 Å². The first kappa shape index (κ1) is 46.1. The van der Waals surface area contributed by atoms with Gasteiger partial charge in [-0.15, -0.1) is 18.2 Å². The summed E-state index contributed by atoms with van der Waals surface area (Å²) in [6.45, 7) is 9.07. The number of imidazole rings is 1. The summed E-state index contributed by atoms with van der Waals surface area (Å²) in [5, 5.41) is 11.5. The monoisotopic (exact) mass is 1100 g/mol. The molecule has 8 heteroatoms. The molecule has 3 aromatic heterocycles. The standard InChI is InChI=1S/C44H34N3O.C14H15FGeN.Ir/c1-27(2)37-24-33(32-20-18-31(19-21-32)30-11-6-5-7-12-30)25-38(28(3)4)42(37)47-40-16-9-8-15-39(40)46-44(47)36-14-10-13-35-34-22-17-29(26-45)23-41(34)48-43(35)36;1-16(2,3)13-8-9-14(17-10-13)11-4-6-12(15)7-5-11;/h5-13,15-25,27-28H,1-4H3;4,6-10H,1-3H3;/q2*-1;. The third kappa shape index (κ3) is 9.19. The molecule has 1 radical (unpaired) electrons. The van der Waals surface area contributed by atoms with Crippen LogP contribution in [-0.4, -0.2) is 27.8 Å². The quantitative estimate of drug-likeness (QED) is 0.112. The number of nitrogens with zero attached hydrogens (tertiary/aromatic N) is 4. The summed E-state index contributed by atoms with van der Waals surface area (Å²) in [4.78, 5) is 9.69. The number of rotatable bonds is 8. The summed E-state index contributed by atoms with van der Waals surface area (Å²) in [5.41, 5.74) is 14.9. The molecule has 10 rings (SSSR count). The van der Waals surface area contributed by atoms with Crippen LogP contribution in [0.5, 0.6) is 0 Å². The molecule has 0 fully saturated rings. The van der Waals surface area contributed by atoms with Crippen molar-refractivity contribution in [2.24, 2.45) is 0 Å². The molecule has 0 aliphatic rings. The molecular weight excluding hydrogens is 1050 g/mol. The molecule has 66 heavy (non-hydrogen) atoms. The van der Waals surface area contributed by atoms with Crippen molar-refractivity contribution in [3.63, 3.8) is 0 Å². The maximum atomic E-state index is 12.8. The molecular formula is C58H49FGeIrN4O-2. The van der Waals surface area contributed by atoms with E-state index in [1.54, 1.807) is 12.1 Å². The molecule has 0 unspecified atom stereocenters. The van der Waals surface area contributed by atoms with E-state index < -0.39 is 13.3 Å². The number of halogens is 1. The molecule has 5 nitrogen and oxygen atoms in total. The van der Waals surface area contributed by atoms with Crippen LogP contribution in [-0.2, 0) is 20.1 Å². The predicted molar refractivity (Wildman–Crippen MR) is 268 cm³/mol. The van der Waals surface area contributed by atoms with Gasteiger partial charge in [0.15, 0.2) is 0 Å². The summed E-state index contributed by atoms with van der Waals surface area (Å²) in [5.74, 6) is 8.00. The topological polar surface area (TPSA) is 67.6 Å². The van der Waals surface area contributed by atoms with Crippen molar-refractivity contribution >= 4 is 50.6 Å². The van der Waals surface area contributed by atoms with Gasteiger partial charge in [0.05, 0.1) is 34.1 Å². The Labute approximate surface area is 402 Å². The number of hydrogen-bond acceptors (Lipinski definition) is 4. The number of furan rings is 1. The second kappa shape index (κ2) is 19.2. The maximum Gasteiger partial charge on any atom is 0 e. The first-order chi connectivity index (χ1) is 31.4. The zero-order valence-electron chi connectivity index (χ0n) is 38.1. The summed E-state index contributed by atoms with van der Waals surface area (Å²) in [7, 11) is 0. The van der Waals surface area contributed by atoms with E-state index in [1.807, 2.05) is 42.6 Å². The smallest absolute Gasteiger partial charge is 0 e. The van der Waals surface area contributed by atoms with Crippen LogP contribution in [0.4, 0.5) is 4.39 Å². The number of aromatic nitrogens is 3. The fourth-order valence-corrected chi connectivity index (χ4v) is 10.6. The van der Waals surface area contributed by atoms with Crippen molar-refractivity contribution in [2.75, 3.05) is 0 Å². The van der Waals surface area contributed by atoms with E-state index in [9.17, 15) is 9.65 Å². The fraction of sp³-hybridized carbons (Fsp3) is 0.155. The van der Waals surface area contributed by atoms with E-state index in [2.05, 4.69) is 164 Å². The van der Waals surface area contributed by atoms with Gasteiger partial charge in [-0.05, 0) is 81.6 Å². The van der Waals surface area contributed by atoms with Crippen molar-refractivity contribution < 1.29 is 28.9 Å². The number of hydrogen-bond donors (Lipinski definition) is 0. The number of pyridine rings is 1. The van der Waals surface area contributed by atoms with Crippen LogP contribution in [0, 0.1) is 29.3 Å². The molecule has 10 aromatic rings. The molecule has 329 valence electrons. The fourth-order valence-electron chi connectivity index (χ4n) is 8.43. The van der Waals surface area contributed by atoms with Gasteiger partial charge < -0.3 is 8.98 Å². The van der Waals surface area contributed by atoms with Crippen LogP contribution in [0.3, 0.4) is 0 Å². The van der Waals surface area contributed by atoms with Gasteiger partial charge in [-0.3, -0.25) is 4.98 Å². The molecule has 0 atom stereocenters. The Bertz CT molecular complexity index is 3330. The summed E-state index contributed by atoms with van der Waals surface area (Å²) >= 11 is -1.79. The first-order valence-electron chi connectivity index (χ1n) is 22.1. The molecule has 7 aromatic carbocycles. The Balaban J connectivity index is 0.000000278. The summed E-state index contributed by atoms with van der Waals surface area (Å²) < 4.78 is 23.0. The summed E-state index contributed by atoms with van der Waals surface area (Å²) in [6, 6.07) is 59.3. The van der Waals surface area contributed by atoms with Gasteiger partial charge in [-0.25, -0.2) is 0 Å². The van der Waals surface area contributed by atoms with Gasteiger partial charge in [-0.1, -0.05) is 111 Å². The zero-order chi connectivity index (χ0) is 45.4. The van der Waals surface area contributed by atoms with Crippen LogP contribution in [0.25, 0.3) is 83.6 Å². The van der Waals surface area contributed by atoms with E-state index in [4.69, 9.17) is 9.40 Å². The third-order valence-corrected chi connectivity index (χ3v) is 16.2. The van der Waals surface area contributed by atoms with Crippen molar-refractivity contribution in [3.8, 4) is 56.7 Å². The number of para-hydroxylation sites is 2. The average Bonchev–Trinajstić information content (AvgIpc) is 3.90. The molecule has 0 bridgehead atoms. The first-order valence-corrected chi connectivity index (χ1v) is 29.5.